The predicted octanol–water partition coefficient (Wildman–Crippen LogP) is 3.13. The van der Waals surface area contributed by atoms with Gasteiger partial charge in [-0.2, -0.15) is 0 Å². The number of hydrogen-bond acceptors (Lipinski definition) is 4. The standard InChI is InChI=1S/C12H8BrFN4O/c1-7-16-17-11-12(15-2-3-18(7)11)19-10-5-8(13)4-9(14)6-10/h2-6H,1H3. The molecule has 2 aromatic heterocycles. The molecular formula is C12H8BrFN4O. The van der Waals surface area contributed by atoms with Gasteiger partial charge in [0.05, 0.1) is 0 Å². The third-order valence-electron chi connectivity index (χ3n) is 2.52. The summed E-state index contributed by atoms with van der Waals surface area (Å²) >= 11 is 3.21. The normalized spacial score (nSPS) is 10.9. The number of nitrogens with zero attached hydrogens (tertiary/aromatic N) is 4. The first-order chi connectivity index (χ1) is 9.13. The highest BCUT2D eigenvalue weighted by Crippen LogP contribution is 2.26. The van der Waals surface area contributed by atoms with Crippen LogP contribution in [-0.4, -0.2) is 19.6 Å². The maximum Gasteiger partial charge on any atom is 0.265 e. The zero-order valence-electron chi connectivity index (χ0n) is 9.84. The van der Waals surface area contributed by atoms with Crippen LogP contribution in [0.15, 0.2) is 35.1 Å². The summed E-state index contributed by atoms with van der Waals surface area (Å²) < 4.78 is 21.2. The molecule has 0 aliphatic heterocycles. The number of aryl methyl sites for hydroxylation is 1. The second-order valence-corrected chi connectivity index (χ2v) is 4.80. The molecule has 0 amide bonds. The number of benzene rings is 1. The molecule has 0 saturated heterocycles. The van der Waals surface area contributed by atoms with Gasteiger partial charge in [-0.25, -0.2) is 9.37 Å². The molecule has 0 bridgehead atoms. The van der Waals surface area contributed by atoms with E-state index in [1.165, 1.54) is 12.1 Å². The monoisotopic (exact) mass is 322 g/mol. The first-order valence-electron chi connectivity index (χ1n) is 5.44. The van der Waals surface area contributed by atoms with Gasteiger partial charge in [0.15, 0.2) is 0 Å². The van der Waals surface area contributed by atoms with E-state index in [9.17, 15) is 4.39 Å². The molecule has 0 atom stereocenters. The Balaban J connectivity index is 2.05. The second kappa shape index (κ2) is 4.58. The molecule has 7 heteroatoms. The Bertz CT molecular complexity index is 738. The van der Waals surface area contributed by atoms with Gasteiger partial charge >= 0.3 is 0 Å². The van der Waals surface area contributed by atoms with Crippen LogP contribution in [0.3, 0.4) is 0 Å². The average Bonchev–Trinajstić information content (AvgIpc) is 2.71. The van der Waals surface area contributed by atoms with Crippen molar-refractivity contribution >= 4 is 21.6 Å². The maximum atomic E-state index is 13.3. The SMILES string of the molecule is Cc1nnc2c(Oc3cc(F)cc(Br)c3)nccn12. The van der Waals surface area contributed by atoms with Crippen LogP contribution in [0.4, 0.5) is 4.39 Å². The van der Waals surface area contributed by atoms with E-state index < -0.39 is 5.82 Å². The minimum Gasteiger partial charge on any atom is -0.436 e. The first-order valence-corrected chi connectivity index (χ1v) is 6.23. The highest BCUT2D eigenvalue weighted by Gasteiger charge is 2.10. The van der Waals surface area contributed by atoms with Gasteiger partial charge in [-0.1, -0.05) is 15.9 Å². The number of rotatable bonds is 2. The largest absolute Gasteiger partial charge is 0.436 e. The van der Waals surface area contributed by atoms with E-state index >= 15 is 0 Å². The molecule has 3 rings (SSSR count). The Morgan fingerprint density at radius 2 is 2.11 bits per heavy atom. The van der Waals surface area contributed by atoms with E-state index in [4.69, 9.17) is 4.74 Å². The third kappa shape index (κ3) is 2.28. The molecule has 0 fully saturated rings. The van der Waals surface area contributed by atoms with Crippen molar-refractivity contribution in [2.75, 3.05) is 0 Å². The molecule has 0 aliphatic carbocycles. The molecule has 0 N–H and O–H groups in total. The number of ether oxygens (including phenoxy) is 1. The van der Waals surface area contributed by atoms with E-state index in [-0.39, 0.29) is 5.88 Å². The molecule has 96 valence electrons. The molecule has 19 heavy (non-hydrogen) atoms. The lowest BCUT2D eigenvalue weighted by molar-refractivity contribution is 0.459. The van der Waals surface area contributed by atoms with Crippen LogP contribution in [0.2, 0.25) is 0 Å². The topological polar surface area (TPSA) is 52.3 Å². The van der Waals surface area contributed by atoms with Crippen LogP contribution in [0, 0.1) is 12.7 Å². The lowest BCUT2D eigenvalue weighted by Crippen LogP contribution is -1.95. The summed E-state index contributed by atoms with van der Waals surface area (Å²) in [6.45, 7) is 1.82. The van der Waals surface area contributed by atoms with Crippen molar-refractivity contribution in [3.63, 3.8) is 0 Å². The molecular weight excluding hydrogens is 315 g/mol. The van der Waals surface area contributed by atoms with Crippen LogP contribution in [-0.2, 0) is 0 Å². The van der Waals surface area contributed by atoms with Gasteiger partial charge < -0.3 is 4.74 Å². The molecule has 2 heterocycles. The van der Waals surface area contributed by atoms with E-state index in [1.807, 2.05) is 6.92 Å². The van der Waals surface area contributed by atoms with Gasteiger partial charge in [0.1, 0.15) is 17.4 Å². The van der Waals surface area contributed by atoms with Crippen LogP contribution >= 0.6 is 15.9 Å². The van der Waals surface area contributed by atoms with Gasteiger partial charge in [0, 0.05) is 22.9 Å². The van der Waals surface area contributed by atoms with Gasteiger partial charge in [-0.05, 0) is 19.1 Å². The van der Waals surface area contributed by atoms with E-state index in [2.05, 4.69) is 31.1 Å². The maximum absolute atomic E-state index is 13.3. The Morgan fingerprint density at radius 1 is 1.26 bits per heavy atom. The van der Waals surface area contributed by atoms with E-state index in [0.717, 1.165) is 5.82 Å². The number of fused-ring (bicyclic) bond motifs is 1. The Morgan fingerprint density at radius 3 is 2.89 bits per heavy atom. The third-order valence-corrected chi connectivity index (χ3v) is 2.97. The van der Waals surface area contributed by atoms with Crippen molar-refractivity contribution in [2.24, 2.45) is 0 Å². The predicted molar refractivity (Wildman–Crippen MR) is 69.7 cm³/mol. The Kier molecular flexibility index (Phi) is 2.90. The summed E-state index contributed by atoms with van der Waals surface area (Å²) in [4.78, 5) is 4.09. The van der Waals surface area contributed by atoms with Gasteiger partial charge in [0.2, 0.25) is 5.65 Å². The van der Waals surface area contributed by atoms with E-state index in [0.29, 0.717) is 15.9 Å². The molecule has 0 radical (unpaired) electrons. The average molecular weight is 323 g/mol. The second-order valence-electron chi connectivity index (χ2n) is 3.88. The van der Waals surface area contributed by atoms with Crippen molar-refractivity contribution in [1.82, 2.24) is 19.6 Å². The Hall–Kier alpha value is -2.02. The fourth-order valence-electron chi connectivity index (χ4n) is 1.69. The fourth-order valence-corrected chi connectivity index (χ4v) is 2.13. The molecule has 5 nitrogen and oxygen atoms in total. The van der Waals surface area contributed by atoms with Crippen LogP contribution in [0.1, 0.15) is 5.82 Å². The van der Waals surface area contributed by atoms with Crippen molar-refractivity contribution in [2.45, 2.75) is 6.92 Å². The number of halogens is 2. The minimum atomic E-state index is -0.394. The summed E-state index contributed by atoms with van der Waals surface area (Å²) in [6.07, 6.45) is 3.31. The summed E-state index contributed by atoms with van der Waals surface area (Å²) in [5, 5.41) is 7.92. The highest BCUT2D eigenvalue weighted by atomic mass is 79.9. The molecule has 0 aliphatic rings. The van der Waals surface area contributed by atoms with Crippen LogP contribution in [0.25, 0.3) is 5.65 Å². The molecule has 0 spiro atoms. The smallest absolute Gasteiger partial charge is 0.265 e. The summed E-state index contributed by atoms with van der Waals surface area (Å²) in [5.41, 5.74) is 0.486. The zero-order valence-corrected chi connectivity index (χ0v) is 11.4. The van der Waals surface area contributed by atoms with E-state index in [1.54, 1.807) is 22.9 Å². The summed E-state index contributed by atoms with van der Waals surface area (Å²) in [6, 6.07) is 4.28. The molecule has 3 aromatic rings. The molecule has 1 aromatic carbocycles. The highest BCUT2D eigenvalue weighted by molar-refractivity contribution is 9.10. The van der Waals surface area contributed by atoms with Crippen molar-refractivity contribution in [3.05, 3.63) is 46.7 Å². The van der Waals surface area contributed by atoms with Gasteiger partial charge in [-0.3, -0.25) is 4.40 Å². The number of hydrogen-bond donors (Lipinski definition) is 0. The number of aromatic nitrogens is 4. The van der Waals surface area contributed by atoms with Gasteiger partial charge in [0.25, 0.3) is 5.88 Å². The zero-order chi connectivity index (χ0) is 13.4. The fraction of sp³-hybridized carbons (Fsp3) is 0.0833. The van der Waals surface area contributed by atoms with Crippen molar-refractivity contribution in [1.29, 1.82) is 0 Å². The van der Waals surface area contributed by atoms with Gasteiger partial charge in [-0.15, -0.1) is 10.2 Å². The molecule has 0 unspecified atom stereocenters. The van der Waals surface area contributed by atoms with Crippen molar-refractivity contribution in [3.8, 4) is 11.6 Å². The first kappa shape index (κ1) is 12.0. The molecule has 0 saturated carbocycles. The quantitative estimate of drug-likeness (QED) is 0.727. The minimum absolute atomic E-state index is 0.278. The lowest BCUT2D eigenvalue weighted by atomic mass is 10.3. The summed E-state index contributed by atoms with van der Waals surface area (Å²) in [7, 11) is 0. The van der Waals surface area contributed by atoms with Crippen LogP contribution < -0.4 is 4.74 Å². The van der Waals surface area contributed by atoms with Crippen molar-refractivity contribution < 1.29 is 9.13 Å². The van der Waals surface area contributed by atoms with Crippen LogP contribution in [0.5, 0.6) is 11.6 Å². The Labute approximate surface area is 116 Å². The summed E-state index contributed by atoms with van der Waals surface area (Å²) in [5.74, 6) is 0.949. The lowest BCUT2D eigenvalue weighted by Gasteiger charge is -2.06.